The average Bonchev–Trinajstić information content (AvgIpc) is 2.57. The second-order valence-corrected chi connectivity index (χ2v) is 4.42. The van der Waals surface area contributed by atoms with Crippen LogP contribution < -0.4 is 10.1 Å². The van der Waals surface area contributed by atoms with Gasteiger partial charge in [-0.25, -0.2) is 0 Å². The van der Waals surface area contributed by atoms with E-state index in [4.69, 9.17) is 0 Å². The quantitative estimate of drug-likeness (QED) is 0.874. The Morgan fingerprint density at radius 2 is 2.24 bits per heavy atom. The van der Waals surface area contributed by atoms with Crippen molar-refractivity contribution in [1.82, 2.24) is 5.32 Å². The van der Waals surface area contributed by atoms with Crippen LogP contribution in [0.4, 0.5) is 8.78 Å². The molecule has 0 bridgehead atoms. The Morgan fingerprint density at radius 3 is 2.88 bits per heavy atom. The predicted molar refractivity (Wildman–Crippen MR) is 62.4 cm³/mol. The molecule has 1 N–H and O–H groups in total. The van der Waals surface area contributed by atoms with Crippen LogP contribution in [0.3, 0.4) is 0 Å². The van der Waals surface area contributed by atoms with Crippen LogP contribution in [0.1, 0.15) is 31.0 Å². The normalized spacial score (nSPS) is 22.9. The van der Waals surface area contributed by atoms with Gasteiger partial charge in [-0.1, -0.05) is 26.0 Å². The molecule has 2 unspecified atom stereocenters. The standard InChI is InChI=1S/C13H17F2NO/c1-3-16-12-8(2)7-10-9(12)5-4-6-11(10)17-13(14)15/h4-6,8,12-13,16H,3,7H2,1-2H3. The van der Waals surface area contributed by atoms with Gasteiger partial charge in [0.1, 0.15) is 5.75 Å². The Hall–Kier alpha value is -1.16. The summed E-state index contributed by atoms with van der Waals surface area (Å²) in [4.78, 5) is 0. The number of ether oxygens (including phenoxy) is 1. The largest absolute Gasteiger partial charge is 0.435 e. The van der Waals surface area contributed by atoms with Gasteiger partial charge in [0.25, 0.3) is 0 Å². The molecule has 1 aromatic rings. The van der Waals surface area contributed by atoms with E-state index in [0.717, 1.165) is 24.1 Å². The molecular weight excluding hydrogens is 224 g/mol. The SMILES string of the molecule is CCNC1c2cccc(OC(F)F)c2CC1C. The van der Waals surface area contributed by atoms with Crippen molar-refractivity contribution in [3.63, 3.8) is 0 Å². The topological polar surface area (TPSA) is 21.3 Å². The summed E-state index contributed by atoms with van der Waals surface area (Å²) in [6.45, 7) is 2.29. The van der Waals surface area contributed by atoms with Crippen LogP contribution in [-0.2, 0) is 6.42 Å². The van der Waals surface area contributed by atoms with E-state index in [1.807, 2.05) is 13.0 Å². The minimum Gasteiger partial charge on any atom is -0.435 e. The van der Waals surface area contributed by atoms with Gasteiger partial charge in [-0.2, -0.15) is 8.78 Å². The number of alkyl halides is 2. The van der Waals surface area contributed by atoms with Gasteiger partial charge in [0.05, 0.1) is 0 Å². The summed E-state index contributed by atoms with van der Waals surface area (Å²) < 4.78 is 29.2. The molecule has 0 amide bonds. The molecular formula is C13H17F2NO. The lowest BCUT2D eigenvalue weighted by atomic mass is 10.0. The lowest BCUT2D eigenvalue weighted by Crippen LogP contribution is -2.23. The van der Waals surface area contributed by atoms with Crippen LogP contribution in [0.5, 0.6) is 5.75 Å². The maximum absolute atomic E-state index is 12.3. The first-order valence-corrected chi connectivity index (χ1v) is 5.93. The summed E-state index contributed by atoms with van der Waals surface area (Å²) in [7, 11) is 0. The van der Waals surface area contributed by atoms with Gasteiger partial charge in [-0.15, -0.1) is 0 Å². The van der Waals surface area contributed by atoms with Gasteiger partial charge < -0.3 is 10.1 Å². The molecule has 2 atom stereocenters. The highest BCUT2D eigenvalue weighted by atomic mass is 19.3. The smallest absolute Gasteiger partial charge is 0.387 e. The highest BCUT2D eigenvalue weighted by molar-refractivity contribution is 5.45. The minimum absolute atomic E-state index is 0.247. The average molecular weight is 241 g/mol. The van der Waals surface area contributed by atoms with E-state index in [9.17, 15) is 8.78 Å². The first-order valence-electron chi connectivity index (χ1n) is 5.93. The fourth-order valence-electron chi connectivity index (χ4n) is 2.58. The Morgan fingerprint density at radius 1 is 1.47 bits per heavy atom. The molecule has 0 fully saturated rings. The number of fused-ring (bicyclic) bond motifs is 1. The summed E-state index contributed by atoms with van der Waals surface area (Å²) in [5, 5.41) is 3.39. The third kappa shape index (κ3) is 2.41. The monoisotopic (exact) mass is 241 g/mol. The zero-order valence-corrected chi connectivity index (χ0v) is 10.0. The van der Waals surface area contributed by atoms with Crippen molar-refractivity contribution >= 4 is 0 Å². The summed E-state index contributed by atoms with van der Waals surface area (Å²) >= 11 is 0. The molecule has 1 aliphatic rings. The number of benzene rings is 1. The number of hydrogen-bond acceptors (Lipinski definition) is 2. The first-order chi connectivity index (χ1) is 8.13. The predicted octanol–water partition coefficient (Wildman–Crippen LogP) is 3.13. The van der Waals surface area contributed by atoms with Crippen molar-refractivity contribution in [2.75, 3.05) is 6.54 Å². The molecule has 2 nitrogen and oxygen atoms in total. The van der Waals surface area contributed by atoms with Crippen molar-refractivity contribution in [3.05, 3.63) is 29.3 Å². The van der Waals surface area contributed by atoms with E-state index >= 15 is 0 Å². The zero-order chi connectivity index (χ0) is 12.4. The molecule has 0 radical (unpaired) electrons. The van der Waals surface area contributed by atoms with Gasteiger partial charge in [-0.3, -0.25) is 0 Å². The van der Waals surface area contributed by atoms with Crippen LogP contribution in [-0.4, -0.2) is 13.2 Å². The molecule has 0 aromatic heterocycles. The van der Waals surface area contributed by atoms with E-state index in [1.165, 1.54) is 0 Å². The third-order valence-corrected chi connectivity index (χ3v) is 3.24. The summed E-state index contributed by atoms with van der Waals surface area (Å²) in [5.74, 6) is 0.733. The van der Waals surface area contributed by atoms with E-state index in [2.05, 4.69) is 17.0 Å². The van der Waals surface area contributed by atoms with Crippen LogP contribution in [0.2, 0.25) is 0 Å². The second-order valence-electron chi connectivity index (χ2n) is 4.42. The number of nitrogens with one attached hydrogen (secondary N) is 1. The van der Waals surface area contributed by atoms with Crippen LogP contribution in [0, 0.1) is 5.92 Å². The van der Waals surface area contributed by atoms with Gasteiger partial charge in [0.15, 0.2) is 0 Å². The molecule has 2 rings (SSSR count). The van der Waals surface area contributed by atoms with E-state index in [1.54, 1.807) is 12.1 Å². The van der Waals surface area contributed by atoms with E-state index in [0.29, 0.717) is 11.7 Å². The summed E-state index contributed by atoms with van der Waals surface area (Å²) in [6.07, 6.45) is 0.788. The first kappa shape index (κ1) is 12.3. The summed E-state index contributed by atoms with van der Waals surface area (Å²) in [6, 6.07) is 5.63. The molecule has 0 aliphatic heterocycles. The summed E-state index contributed by atoms with van der Waals surface area (Å²) in [5.41, 5.74) is 2.02. The maximum atomic E-state index is 12.3. The van der Waals surface area contributed by atoms with Crippen molar-refractivity contribution in [2.24, 2.45) is 5.92 Å². The van der Waals surface area contributed by atoms with E-state index in [-0.39, 0.29) is 6.04 Å². The highest BCUT2D eigenvalue weighted by Gasteiger charge is 2.31. The Kier molecular flexibility index (Phi) is 3.62. The molecule has 0 saturated carbocycles. The van der Waals surface area contributed by atoms with E-state index < -0.39 is 6.61 Å². The number of hydrogen-bond donors (Lipinski definition) is 1. The molecule has 0 heterocycles. The molecule has 0 spiro atoms. The van der Waals surface area contributed by atoms with Gasteiger partial charge in [0.2, 0.25) is 0 Å². The fraction of sp³-hybridized carbons (Fsp3) is 0.538. The number of halogens is 2. The Bertz CT molecular complexity index is 395. The van der Waals surface area contributed by atoms with Gasteiger partial charge in [0, 0.05) is 6.04 Å². The number of rotatable bonds is 4. The van der Waals surface area contributed by atoms with Crippen molar-refractivity contribution < 1.29 is 13.5 Å². The molecule has 0 saturated heterocycles. The Labute approximate surface area is 100.0 Å². The van der Waals surface area contributed by atoms with Crippen LogP contribution in [0.25, 0.3) is 0 Å². The zero-order valence-electron chi connectivity index (χ0n) is 10.0. The lowest BCUT2D eigenvalue weighted by molar-refractivity contribution is -0.0504. The minimum atomic E-state index is -2.75. The maximum Gasteiger partial charge on any atom is 0.387 e. The van der Waals surface area contributed by atoms with Crippen LogP contribution in [0.15, 0.2) is 18.2 Å². The lowest BCUT2D eigenvalue weighted by Gasteiger charge is -2.17. The third-order valence-electron chi connectivity index (χ3n) is 3.24. The second kappa shape index (κ2) is 5.00. The van der Waals surface area contributed by atoms with Crippen molar-refractivity contribution in [2.45, 2.75) is 32.9 Å². The molecule has 1 aliphatic carbocycles. The van der Waals surface area contributed by atoms with Crippen LogP contribution >= 0.6 is 0 Å². The molecule has 94 valence electrons. The molecule has 17 heavy (non-hydrogen) atoms. The fourth-order valence-corrected chi connectivity index (χ4v) is 2.58. The van der Waals surface area contributed by atoms with Gasteiger partial charge >= 0.3 is 6.61 Å². The van der Waals surface area contributed by atoms with Crippen molar-refractivity contribution in [3.8, 4) is 5.75 Å². The van der Waals surface area contributed by atoms with Crippen molar-refractivity contribution in [1.29, 1.82) is 0 Å². The molecule has 4 heteroatoms. The highest BCUT2D eigenvalue weighted by Crippen LogP contribution is 2.40. The molecule has 1 aromatic carbocycles. The van der Waals surface area contributed by atoms with Gasteiger partial charge in [-0.05, 0) is 36.1 Å². The Balaban J connectivity index is 2.31.